The Hall–Kier alpha value is -1.92. The maximum Gasteiger partial charge on any atom is 0.242 e. The zero-order valence-electron chi connectivity index (χ0n) is 17.5. The second-order valence-electron chi connectivity index (χ2n) is 6.34. The Morgan fingerprint density at radius 3 is 2.67 bits per heavy atom. The fourth-order valence-corrected chi connectivity index (χ4v) is 3.68. The van der Waals surface area contributed by atoms with Crippen molar-refractivity contribution < 1.29 is 13.2 Å². The first-order chi connectivity index (χ1) is 14.0. The van der Waals surface area contributed by atoms with Gasteiger partial charge in [0.25, 0.3) is 0 Å². The Labute approximate surface area is 196 Å². The summed E-state index contributed by atoms with van der Waals surface area (Å²) in [6.45, 7) is 5.91. The van der Waals surface area contributed by atoms with Gasteiger partial charge in [-0.1, -0.05) is 17.7 Å². The molecule has 0 amide bonds. The molecule has 0 atom stereocenters. The molecule has 0 radical (unpaired) electrons. The van der Waals surface area contributed by atoms with Gasteiger partial charge in [0.15, 0.2) is 5.96 Å². The third-order valence-corrected chi connectivity index (χ3v) is 5.53. The van der Waals surface area contributed by atoms with E-state index in [0.29, 0.717) is 25.6 Å². The molecule has 3 N–H and O–H groups in total. The van der Waals surface area contributed by atoms with Crippen LogP contribution in [0.25, 0.3) is 0 Å². The van der Waals surface area contributed by atoms with E-state index < -0.39 is 10.0 Å². The molecule has 0 aliphatic rings. The molecule has 2 aromatic rings. The van der Waals surface area contributed by atoms with Crippen molar-refractivity contribution in [1.29, 1.82) is 0 Å². The zero-order chi connectivity index (χ0) is 21.1. The van der Waals surface area contributed by atoms with Crippen LogP contribution in [-0.2, 0) is 16.4 Å². The molecule has 0 saturated carbocycles. The highest BCUT2D eigenvalue weighted by atomic mass is 127. The smallest absolute Gasteiger partial charge is 0.242 e. The highest BCUT2D eigenvalue weighted by Gasteiger charge is 2.12. The molecule has 1 aromatic carbocycles. The summed E-state index contributed by atoms with van der Waals surface area (Å²) in [6, 6.07) is 9.19. The van der Waals surface area contributed by atoms with Gasteiger partial charge in [-0.05, 0) is 44.0 Å². The van der Waals surface area contributed by atoms with Crippen molar-refractivity contribution >= 4 is 40.0 Å². The highest BCUT2D eigenvalue weighted by Crippen LogP contribution is 2.19. The molecule has 0 aliphatic carbocycles. The second kappa shape index (κ2) is 13.4. The topological polar surface area (TPSA) is 105 Å². The van der Waals surface area contributed by atoms with Crippen LogP contribution in [0.3, 0.4) is 0 Å². The van der Waals surface area contributed by atoms with E-state index in [1.807, 2.05) is 19.1 Å². The van der Waals surface area contributed by atoms with Gasteiger partial charge in [-0.3, -0.25) is 9.98 Å². The Kier molecular flexibility index (Phi) is 11.7. The van der Waals surface area contributed by atoms with Crippen molar-refractivity contribution in [2.45, 2.75) is 25.2 Å². The minimum Gasteiger partial charge on any atom is -0.496 e. The lowest BCUT2D eigenvalue weighted by Gasteiger charge is -2.13. The number of nitrogens with one attached hydrogen (secondary N) is 3. The fraction of sp³-hybridized carbons (Fsp3) is 0.400. The van der Waals surface area contributed by atoms with Crippen molar-refractivity contribution in [3.63, 3.8) is 0 Å². The van der Waals surface area contributed by atoms with Gasteiger partial charge in [-0.15, -0.1) is 24.0 Å². The summed E-state index contributed by atoms with van der Waals surface area (Å²) in [5, 5.41) is 6.42. The molecule has 30 heavy (non-hydrogen) atoms. The van der Waals surface area contributed by atoms with Crippen molar-refractivity contribution in [2.75, 3.05) is 33.3 Å². The van der Waals surface area contributed by atoms with E-state index in [9.17, 15) is 8.42 Å². The summed E-state index contributed by atoms with van der Waals surface area (Å²) >= 11 is 0. The number of halogens is 1. The number of aromatic nitrogens is 1. The molecular formula is C20H30IN5O3S. The van der Waals surface area contributed by atoms with Crippen LogP contribution < -0.4 is 20.1 Å². The summed E-state index contributed by atoms with van der Waals surface area (Å²) in [4.78, 5) is 8.39. The maximum absolute atomic E-state index is 12.2. The van der Waals surface area contributed by atoms with Crippen molar-refractivity contribution in [3.05, 3.63) is 53.9 Å². The summed E-state index contributed by atoms with van der Waals surface area (Å²) in [6.07, 6.45) is 3.63. The molecule has 0 unspecified atom stereocenters. The number of pyridine rings is 1. The van der Waals surface area contributed by atoms with Crippen LogP contribution in [0.5, 0.6) is 5.75 Å². The van der Waals surface area contributed by atoms with Gasteiger partial charge in [0.1, 0.15) is 10.6 Å². The van der Waals surface area contributed by atoms with E-state index in [4.69, 9.17) is 4.74 Å². The average molecular weight is 547 g/mol. The van der Waals surface area contributed by atoms with Gasteiger partial charge in [-0.2, -0.15) is 0 Å². The largest absolute Gasteiger partial charge is 0.496 e. The number of sulfonamides is 1. The van der Waals surface area contributed by atoms with Crippen LogP contribution in [0.15, 0.2) is 52.6 Å². The third kappa shape index (κ3) is 8.44. The van der Waals surface area contributed by atoms with E-state index >= 15 is 0 Å². The number of aliphatic imine (C=N–C) groups is 1. The minimum atomic E-state index is -3.57. The standard InChI is InChI=1S/C20H29N5O3S.HI/c1-4-22-20(23-11-9-17-14-16(2)7-8-19(17)28-3)24-12-13-25-29(26,27)18-6-5-10-21-15-18;/h5-8,10,14-15,25H,4,9,11-13H2,1-3H3,(H2,22,23,24);1H. The Bertz CT molecular complexity index is 908. The van der Waals surface area contributed by atoms with E-state index in [1.54, 1.807) is 13.2 Å². The van der Waals surface area contributed by atoms with Crippen LogP contribution in [0.2, 0.25) is 0 Å². The number of methoxy groups -OCH3 is 1. The molecule has 8 nitrogen and oxygen atoms in total. The number of guanidine groups is 1. The molecule has 0 bridgehead atoms. The van der Waals surface area contributed by atoms with E-state index in [2.05, 4.69) is 38.3 Å². The average Bonchev–Trinajstić information content (AvgIpc) is 2.72. The van der Waals surface area contributed by atoms with Crippen LogP contribution >= 0.6 is 24.0 Å². The number of rotatable bonds is 10. The van der Waals surface area contributed by atoms with E-state index in [-0.39, 0.29) is 35.4 Å². The Balaban J connectivity index is 0.00000450. The van der Waals surface area contributed by atoms with Crippen molar-refractivity contribution in [2.24, 2.45) is 4.99 Å². The number of nitrogens with zero attached hydrogens (tertiary/aromatic N) is 2. The molecule has 0 spiro atoms. The number of ether oxygens (including phenoxy) is 1. The number of hydrogen-bond donors (Lipinski definition) is 3. The van der Waals surface area contributed by atoms with Gasteiger partial charge >= 0.3 is 0 Å². The molecule has 2 rings (SSSR count). The van der Waals surface area contributed by atoms with E-state index in [0.717, 1.165) is 17.7 Å². The van der Waals surface area contributed by atoms with E-state index in [1.165, 1.54) is 24.0 Å². The summed E-state index contributed by atoms with van der Waals surface area (Å²) in [5.74, 6) is 1.50. The van der Waals surface area contributed by atoms with Gasteiger partial charge in [0.05, 0.1) is 13.7 Å². The lowest BCUT2D eigenvalue weighted by Crippen LogP contribution is -2.39. The fourth-order valence-electron chi connectivity index (χ4n) is 2.70. The van der Waals surface area contributed by atoms with Gasteiger partial charge in [0, 0.05) is 32.0 Å². The lowest BCUT2D eigenvalue weighted by atomic mass is 10.1. The van der Waals surface area contributed by atoms with Crippen LogP contribution in [0, 0.1) is 6.92 Å². The third-order valence-electron chi connectivity index (χ3n) is 4.09. The molecule has 1 heterocycles. The summed E-state index contributed by atoms with van der Waals surface area (Å²) in [5.41, 5.74) is 2.31. The van der Waals surface area contributed by atoms with Gasteiger partial charge in [-0.25, -0.2) is 13.1 Å². The highest BCUT2D eigenvalue weighted by molar-refractivity contribution is 14.0. The maximum atomic E-state index is 12.2. The SMILES string of the molecule is CCNC(=NCCNS(=O)(=O)c1cccnc1)NCCc1cc(C)ccc1OC.I. The van der Waals surface area contributed by atoms with Crippen LogP contribution in [0.4, 0.5) is 0 Å². The lowest BCUT2D eigenvalue weighted by molar-refractivity contribution is 0.409. The second-order valence-corrected chi connectivity index (χ2v) is 8.11. The summed E-state index contributed by atoms with van der Waals surface area (Å²) in [7, 11) is -1.91. The molecule has 10 heteroatoms. The first-order valence-corrected chi connectivity index (χ1v) is 11.0. The molecule has 0 fully saturated rings. The first-order valence-electron chi connectivity index (χ1n) is 9.51. The molecule has 0 saturated heterocycles. The Morgan fingerprint density at radius 2 is 2.00 bits per heavy atom. The molecule has 166 valence electrons. The van der Waals surface area contributed by atoms with Crippen molar-refractivity contribution in [1.82, 2.24) is 20.3 Å². The number of aryl methyl sites for hydroxylation is 1. The Morgan fingerprint density at radius 1 is 1.20 bits per heavy atom. The normalized spacial score (nSPS) is 11.5. The van der Waals surface area contributed by atoms with Gasteiger partial charge in [0.2, 0.25) is 10.0 Å². The zero-order valence-corrected chi connectivity index (χ0v) is 20.7. The van der Waals surface area contributed by atoms with Crippen molar-refractivity contribution in [3.8, 4) is 5.75 Å². The quantitative estimate of drug-likeness (QED) is 0.182. The van der Waals surface area contributed by atoms with Crippen LogP contribution in [0.1, 0.15) is 18.1 Å². The predicted molar refractivity (Wildman–Crippen MR) is 130 cm³/mol. The molecular weight excluding hydrogens is 517 g/mol. The minimum absolute atomic E-state index is 0. The number of benzene rings is 1. The first kappa shape index (κ1) is 26.1. The predicted octanol–water partition coefficient (Wildman–Crippen LogP) is 2.09. The molecule has 1 aromatic heterocycles. The van der Waals surface area contributed by atoms with Crippen LogP contribution in [-0.4, -0.2) is 52.7 Å². The van der Waals surface area contributed by atoms with Gasteiger partial charge < -0.3 is 15.4 Å². The number of hydrogen-bond acceptors (Lipinski definition) is 5. The molecule has 0 aliphatic heterocycles. The summed E-state index contributed by atoms with van der Waals surface area (Å²) < 4.78 is 32.3. The monoisotopic (exact) mass is 547 g/mol.